The molecule has 142 valence electrons. The molecular formula is C20H28BrN3O2. The molecule has 1 saturated carbocycles. The molecule has 5 nitrogen and oxygen atoms in total. The summed E-state index contributed by atoms with van der Waals surface area (Å²) in [5, 5.41) is 3.60. The molecule has 1 aliphatic carbocycles. The van der Waals surface area contributed by atoms with Crippen LogP contribution in [-0.4, -0.2) is 50.6 Å². The van der Waals surface area contributed by atoms with Crippen LogP contribution in [0.5, 0.6) is 0 Å². The molecule has 1 heterocycles. The number of rotatable bonds is 4. The van der Waals surface area contributed by atoms with Gasteiger partial charge >= 0.3 is 5.97 Å². The van der Waals surface area contributed by atoms with E-state index < -0.39 is 0 Å². The van der Waals surface area contributed by atoms with Gasteiger partial charge in [-0.25, -0.2) is 0 Å². The van der Waals surface area contributed by atoms with Crippen molar-refractivity contribution < 1.29 is 9.53 Å². The van der Waals surface area contributed by atoms with E-state index in [1.165, 1.54) is 31.9 Å². The summed E-state index contributed by atoms with van der Waals surface area (Å²) in [6.45, 7) is 2.58. The third kappa shape index (κ3) is 4.05. The van der Waals surface area contributed by atoms with Crippen LogP contribution in [0.25, 0.3) is 0 Å². The van der Waals surface area contributed by atoms with Crippen LogP contribution in [-0.2, 0) is 14.9 Å². The molecule has 0 atom stereocenters. The van der Waals surface area contributed by atoms with Crippen molar-refractivity contribution in [3.63, 3.8) is 0 Å². The first kappa shape index (κ1) is 19.2. The molecule has 0 aromatic heterocycles. The number of ether oxygens (including phenoxy) is 1. The number of nitrogens with one attached hydrogen (secondary N) is 1. The quantitative estimate of drug-likeness (QED) is 0.460. The van der Waals surface area contributed by atoms with Crippen LogP contribution in [0.1, 0.15) is 37.7 Å². The summed E-state index contributed by atoms with van der Waals surface area (Å²) < 4.78 is 6.00. The molecule has 26 heavy (non-hydrogen) atoms. The van der Waals surface area contributed by atoms with Crippen LogP contribution >= 0.6 is 15.9 Å². The highest BCUT2D eigenvalue weighted by molar-refractivity contribution is 9.10. The normalized spacial score (nSPS) is 20.4. The minimum Gasteiger partial charge on any atom is -0.469 e. The van der Waals surface area contributed by atoms with Gasteiger partial charge in [-0.3, -0.25) is 9.79 Å². The number of hydrogen-bond acceptors (Lipinski definition) is 3. The second-order valence-electron chi connectivity index (χ2n) is 7.33. The van der Waals surface area contributed by atoms with Crippen LogP contribution in [0.2, 0.25) is 0 Å². The van der Waals surface area contributed by atoms with Gasteiger partial charge in [0.05, 0.1) is 13.0 Å². The van der Waals surface area contributed by atoms with Crippen molar-refractivity contribution >= 4 is 27.9 Å². The van der Waals surface area contributed by atoms with Crippen molar-refractivity contribution in [2.45, 2.75) is 37.5 Å². The summed E-state index contributed by atoms with van der Waals surface area (Å²) >= 11 is 3.52. The molecule has 2 aliphatic rings. The van der Waals surface area contributed by atoms with Gasteiger partial charge in [-0.2, -0.15) is 0 Å². The third-order valence-electron chi connectivity index (χ3n) is 5.89. The van der Waals surface area contributed by atoms with Gasteiger partial charge in [0.15, 0.2) is 5.96 Å². The molecule has 1 saturated heterocycles. The highest BCUT2D eigenvalue weighted by Crippen LogP contribution is 2.43. The fourth-order valence-corrected chi connectivity index (χ4v) is 4.31. The fraction of sp³-hybridized carbons (Fsp3) is 0.600. The molecule has 0 bridgehead atoms. The Kier molecular flexibility index (Phi) is 6.22. The van der Waals surface area contributed by atoms with Crippen molar-refractivity contribution in [3.8, 4) is 0 Å². The topological polar surface area (TPSA) is 53.9 Å². The standard InChI is InChI=1S/C20H28BrN3O2/c1-22-19(24-12-8-15(9-13-24)18(25)26-2)23-14-20(10-3-11-20)16-4-6-17(21)7-5-16/h4-7,15H,3,8-14H2,1-2H3,(H,22,23). The average molecular weight is 422 g/mol. The number of methoxy groups -OCH3 is 1. The number of aliphatic imine (C=N–C) groups is 1. The first-order valence-corrected chi connectivity index (χ1v) is 10.2. The van der Waals surface area contributed by atoms with Crippen LogP contribution in [0.3, 0.4) is 0 Å². The zero-order valence-corrected chi connectivity index (χ0v) is 17.2. The van der Waals surface area contributed by atoms with E-state index in [0.29, 0.717) is 0 Å². The first-order valence-electron chi connectivity index (χ1n) is 9.37. The number of likely N-dealkylation sites (tertiary alicyclic amines) is 1. The molecular weight excluding hydrogens is 394 g/mol. The lowest BCUT2D eigenvalue weighted by molar-refractivity contribution is -0.146. The highest BCUT2D eigenvalue weighted by atomic mass is 79.9. The smallest absolute Gasteiger partial charge is 0.308 e. The molecule has 2 fully saturated rings. The van der Waals surface area contributed by atoms with E-state index in [4.69, 9.17) is 4.74 Å². The number of benzene rings is 1. The van der Waals surface area contributed by atoms with Crippen LogP contribution in [0.15, 0.2) is 33.7 Å². The van der Waals surface area contributed by atoms with Gasteiger partial charge in [-0.05, 0) is 43.4 Å². The molecule has 0 spiro atoms. The predicted octanol–water partition coefficient (Wildman–Crippen LogP) is 3.33. The van der Waals surface area contributed by atoms with Crippen molar-refractivity contribution in [2.75, 3.05) is 33.8 Å². The fourth-order valence-electron chi connectivity index (χ4n) is 4.05. The highest BCUT2D eigenvalue weighted by Gasteiger charge is 2.39. The van der Waals surface area contributed by atoms with Gasteiger partial charge in [-0.1, -0.05) is 34.5 Å². The second kappa shape index (κ2) is 8.42. The van der Waals surface area contributed by atoms with Crippen molar-refractivity contribution in [1.82, 2.24) is 10.2 Å². The molecule has 1 aromatic carbocycles. The van der Waals surface area contributed by atoms with E-state index in [1.54, 1.807) is 0 Å². The number of guanidine groups is 1. The van der Waals surface area contributed by atoms with Crippen molar-refractivity contribution in [3.05, 3.63) is 34.3 Å². The maximum absolute atomic E-state index is 11.7. The molecule has 6 heteroatoms. The zero-order valence-electron chi connectivity index (χ0n) is 15.6. The second-order valence-corrected chi connectivity index (χ2v) is 8.24. The minimum absolute atomic E-state index is 0.0232. The Morgan fingerprint density at radius 3 is 2.46 bits per heavy atom. The van der Waals surface area contributed by atoms with E-state index in [2.05, 4.69) is 55.4 Å². The molecule has 0 radical (unpaired) electrons. The number of hydrogen-bond donors (Lipinski definition) is 1. The van der Waals surface area contributed by atoms with Gasteiger partial charge in [0.2, 0.25) is 0 Å². The van der Waals surface area contributed by atoms with E-state index in [9.17, 15) is 4.79 Å². The van der Waals surface area contributed by atoms with Crippen LogP contribution in [0, 0.1) is 5.92 Å². The molecule has 1 N–H and O–H groups in total. The predicted molar refractivity (Wildman–Crippen MR) is 107 cm³/mol. The SMILES string of the molecule is CN=C(NCC1(c2ccc(Br)cc2)CCC1)N1CCC(C(=O)OC)CC1. The van der Waals surface area contributed by atoms with Gasteiger partial charge < -0.3 is 15.0 Å². The Bertz CT molecular complexity index is 648. The Labute approximate surface area is 164 Å². The minimum atomic E-state index is -0.0868. The average Bonchev–Trinajstić information content (AvgIpc) is 2.65. The summed E-state index contributed by atoms with van der Waals surface area (Å²) in [4.78, 5) is 18.4. The number of halogens is 1. The summed E-state index contributed by atoms with van der Waals surface area (Å²) in [7, 11) is 3.30. The van der Waals surface area contributed by atoms with Crippen LogP contribution < -0.4 is 5.32 Å². The third-order valence-corrected chi connectivity index (χ3v) is 6.42. The maximum atomic E-state index is 11.7. The van der Waals surface area contributed by atoms with E-state index in [1.807, 2.05) is 7.05 Å². The van der Waals surface area contributed by atoms with Gasteiger partial charge in [0, 0.05) is 36.6 Å². The summed E-state index contributed by atoms with van der Waals surface area (Å²) in [5.41, 5.74) is 1.61. The van der Waals surface area contributed by atoms with Gasteiger partial charge in [0.25, 0.3) is 0 Å². The molecule has 1 aromatic rings. The number of nitrogens with zero attached hydrogens (tertiary/aromatic N) is 2. The number of carbonyl (C=O) groups excluding carboxylic acids is 1. The maximum Gasteiger partial charge on any atom is 0.308 e. The van der Waals surface area contributed by atoms with Crippen molar-refractivity contribution in [1.29, 1.82) is 0 Å². The molecule has 1 aliphatic heterocycles. The van der Waals surface area contributed by atoms with Crippen molar-refractivity contribution in [2.24, 2.45) is 10.9 Å². The molecule has 3 rings (SSSR count). The Morgan fingerprint density at radius 2 is 1.96 bits per heavy atom. The number of carbonyl (C=O) groups is 1. The summed E-state index contributed by atoms with van der Waals surface area (Å²) in [6.07, 6.45) is 5.35. The molecule has 0 amide bonds. The van der Waals surface area contributed by atoms with Crippen LogP contribution in [0.4, 0.5) is 0 Å². The largest absolute Gasteiger partial charge is 0.469 e. The zero-order chi connectivity index (χ0) is 18.6. The van der Waals surface area contributed by atoms with E-state index in [-0.39, 0.29) is 17.3 Å². The lowest BCUT2D eigenvalue weighted by atomic mass is 9.64. The summed E-state index contributed by atoms with van der Waals surface area (Å²) in [5.74, 6) is 0.878. The van der Waals surface area contributed by atoms with E-state index in [0.717, 1.165) is 42.9 Å². The Morgan fingerprint density at radius 1 is 1.31 bits per heavy atom. The number of esters is 1. The number of piperidine rings is 1. The lowest BCUT2D eigenvalue weighted by Crippen LogP contribution is -2.52. The first-order chi connectivity index (χ1) is 12.6. The Balaban J connectivity index is 1.59. The van der Waals surface area contributed by atoms with E-state index >= 15 is 0 Å². The monoisotopic (exact) mass is 421 g/mol. The Hall–Kier alpha value is -1.56. The lowest BCUT2D eigenvalue weighted by Gasteiger charge is -2.44. The van der Waals surface area contributed by atoms with Gasteiger partial charge in [-0.15, -0.1) is 0 Å². The van der Waals surface area contributed by atoms with Gasteiger partial charge in [0.1, 0.15) is 0 Å². The molecule has 0 unspecified atom stereocenters. The summed E-state index contributed by atoms with van der Waals surface area (Å²) in [6, 6.07) is 8.72.